The van der Waals surface area contributed by atoms with E-state index >= 15 is 0 Å². The molecule has 0 unspecified atom stereocenters. The van der Waals surface area contributed by atoms with Crippen molar-refractivity contribution in [1.82, 2.24) is 10.1 Å². The maximum absolute atomic E-state index is 13.3. The Morgan fingerprint density at radius 1 is 1.12 bits per heavy atom. The lowest BCUT2D eigenvalue weighted by molar-refractivity contribution is -0.0355. The minimum absolute atomic E-state index is 0.161. The highest BCUT2D eigenvalue weighted by atomic mass is 19.1. The van der Waals surface area contributed by atoms with Crippen LogP contribution in [0, 0.1) is 19.7 Å². The van der Waals surface area contributed by atoms with Gasteiger partial charge in [0.1, 0.15) is 5.82 Å². The lowest BCUT2D eigenvalue weighted by Gasteiger charge is -2.38. The minimum atomic E-state index is -0.230. The van der Waals surface area contributed by atoms with Crippen LogP contribution in [0.5, 0.6) is 0 Å². The fourth-order valence-electron chi connectivity index (χ4n) is 4.85. The molecule has 5 rings (SSSR count). The quantitative estimate of drug-likeness (QED) is 0.560. The number of likely N-dealkylation sites (tertiary alicyclic amines) is 1. The highest BCUT2D eigenvalue weighted by Gasteiger charge is 2.44. The number of hydrogen-bond donors (Lipinski definition) is 1. The first-order valence-electron chi connectivity index (χ1n) is 11.4. The second-order valence-electron chi connectivity index (χ2n) is 9.17. The van der Waals surface area contributed by atoms with Crippen molar-refractivity contribution in [3.63, 3.8) is 0 Å². The molecule has 0 aliphatic carbocycles. The highest BCUT2D eigenvalue weighted by Crippen LogP contribution is 2.43. The number of halogens is 1. The third-order valence-corrected chi connectivity index (χ3v) is 7.08. The Bertz CT molecular complexity index is 1150. The number of benzene rings is 2. The fraction of sp³-hybridized carbons (Fsp3) is 0.385. The zero-order valence-electron chi connectivity index (χ0n) is 18.9. The molecule has 6 nitrogen and oxygen atoms in total. The Kier molecular flexibility index (Phi) is 5.66. The Morgan fingerprint density at radius 2 is 1.88 bits per heavy atom. The number of rotatable bonds is 3. The summed E-state index contributed by atoms with van der Waals surface area (Å²) >= 11 is 0. The molecule has 3 heterocycles. The van der Waals surface area contributed by atoms with E-state index in [4.69, 9.17) is 9.26 Å². The summed E-state index contributed by atoms with van der Waals surface area (Å²) in [5.74, 6) is 0.494. The topological polar surface area (TPSA) is 67.6 Å². The van der Waals surface area contributed by atoms with E-state index in [1.807, 2.05) is 30.9 Å². The van der Waals surface area contributed by atoms with Gasteiger partial charge in [-0.05, 0) is 61.9 Å². The van der Waals surface area contributed by atoms with Crippen molar-refractivity contribution >= 4 is 11.9 Å². The van der Waals surface area contributed by atoms with Crippen LogP contribution in [0.3, 0.4) is 0 Å². The first-order chi connectivity index (χ1) is 15.9. The summed E-state index contributed by atoms with van der Waals surface area (Å²) in [6.45, 7) is 5.68. The maximum Gasteiger partial charge on any atom is 0.324 e. The normalized spacial score (nSPS) is 19.7. The lowest BCUT2D eigenvalue weighted by Crippen LogP contribution is -2.47. The molecule has 2 aliphatic heterocycles. The summed E-state index contributed by atoms with van der Waals surface area (Å²) in [5.41, 5.74) is 4.76. The smallest absolute Gasteiger partial charge is 0.324 e. The first kappa shape index (κ1) is 21.6. The molecule has 0 bridgehead atoms. The van der Waals surface area contributed by atoms with Crippen LogP contribution in [0.15, 0.2) is 53.1 Å². The van der Waals surface area contributed by atoms with Crippen LogP contribution < -0.4 is 5.32 Å². The van der Waals surface area contributed by atoms with Crippen LogP contribution in [0.2, 0.25) is 0 Å². The molecule has 2 amide bonds. The van der Waals surface area contributed by atoms with E-state index < -0.39 is 0 Å². The second kappa shape index (κ2) is 8.63. The van der Waals surface area contributed by atoms with Gasteiger partial charge < -0.3 is 14.2 Å². The van der Waals surface area contributed by atoms with Crippen molar-refractivity contribution < 1.29 is 18.4 Å². The van der Waals surface area contributed by atoms with E-state index in [0.717, 1.165) is 41.6 Å². The van der Waals surface area contributed by atoms with Gasteiger partial charge in [-0.25, -0.2) is 9.18 Å². The van der Waals surface area contributed by atoms with Crippen molar-refractivity contribution in [2.45, 2.75) is 44.6 Å². The molecule has 0 radical (unpaired) electrons. The van der Waals surface area contributed by atoms with Gasteiger partial charge in [0.2, 0.25) is 5.88 Å². The molecule has 2 saturated heterocycles. The van der Waals surface area contributed by atoms with Gasteiger partial charge >= 0.3 is 6.03 Å². The summed E-state index contributed by atoms with van der Waals surface area (Å²) in [5, 5.41) is 6.73. The molecule has 1 N–H and O–H groups in total. The predicted molar refractivity (Wildman–Crippen MR) is 124 cm³/mol. The third kappa shape index (κ3) is 4.37. The first-order valence-corrected chi connectivity index (χ1v) is 11.4. The SMILES string of the molecule is Cc1noc(NC(=O)N2CCC3(CC2)C[C@H](c2cccc(-c4ccc(F)cc4)c2)CO3)c1C. The number of nitrogens with zero attached hydrogens (tertiary/aromatic N) is 2. The lowest BCUT2D eigenvalue weighted by atomic mass is 9.83. The fourth-order valence-corrected chi connectivity index (χ4v) is 4.85. The number of carbonyl (C=O) groups is 1. The Morgan fingerprint density at radius 3 is 2.58 bits per heavy atom. The summed E-state index contributed by atoms with van der Waals surface area (Å²) in [6.07, 6.45) is 2.56. The van der Waals surface area contributed by atoms with E-state index in [-0.39, 0.29) is 17.4 Å². The molecule has 33 heavy (non-hydrogen) atoms. The second-order valence-corrected chi connectivity index (χ2v) is 9.17. The molecule has 1 atom stereocenters. The molecule has 7 heteroatoms. The zero-order chi connectivity index (χ0) is 23.0. The van der Waals surface area contributed by atoms with E-state index in [1.165, 1.54) is 17.7 Å². The number of aryl methyl sites for hydroxylation is 1. The Labute approximate surface area is 192 Å². The van der Waals surface area contributed by atoms with E-state index in [2.05, 4.69) is 34.7 Å². The van der Waals surface area contributed by atoms with Gasteiger partial charge in [0.05, 0.1) is 17.9 Å². The Balaban J connectivity index is 1.21. The van der Waals surface area contributed by atoms with Crippen LogP contribution in [0.4, 0.5) is 15.1 Å². The number of amides is 2. The van der Waals surface area contributed by atoms with Gasteiger partial charge in [0.15, 0.2) is 0 Å². The van der Waals surface area contributed by atoms with Gasteiger partial charge in [-0.15, -0.1) is 0 Å². The van der Waals surface area contributed by atoms with Crippen molar-refractivity contribution in [2.24, 2.45) is 0 Å². The predicted octanol–water partition coefficient (Wildman–Crippen LogP) is 5.67. The number of urea groups is 1. The number of aromatic nitrogens is 1. The molecule has 2 aromatic carbocycles. The average Bonchev–Trinajstić information content (AvgIpc) is 3.39. The molecule has 3 aromatic rings. The number of ether oxygens (including phenoxy) is 1. The summed E-state index contributed by atoms with van der Waals surface area (Å²) in [6, 6.07) is 14.9. The summed E-state index contributed by atoms with van der Waals surface area (Å²) in [4.78, 5) is 14.5. The van der Waals surface area contributed by atoms with Gasteiger partial charge in [-0.1, -0.05) is 41.6 Å². The molecule has 1 spiro atoms. The average molecular weight is 450 g/mol. The molecule has 2 aliphatic rings. The van der Waals surface area contributed by atoms with E-state index in [1.54, 1.807) is 0 Å². The Hall–Kier alpha value is -3.19. The number of anilines is 1. The van der Waals surface area contributed by atoms with Crippen LogP contribution in [0.1, 0.15) is 42.0 Å². The largest absolute Gasteiger partial charge is 0.374 e. The van der Waals surface area contributed by atoms with Gasteiger partial charge in [-0.3, -0.25) is 5.32 Å². The summed E-state index contributed by atoms with van der Waals surface area (Å²) in [7, 11) is 0. The zero-order valence-corrected chi connectivity index (χ0v) is 18.9. The number of hydrogen-bond acceptors (Lipinski definition) is 4. The molecule has 2 fully saturated rings. The van der Waals surface area contributed by atoms with Crippen molar-refractivity contribution in [2.75, 3.05) is 25.0 Å². The van der Waals surface area contributed by atoms with Gasteiger partial charge in [0.25, 0.3) is 0 Å². The van der Waals surface area contributed by atoms with Crippen LogP contribution >= 0.6 is 0 Å². The van der Waals surface area contributed by atoms with Crippen LogP contribution in [0.25, 0.3) is 11.1 Å². The minimum Gasteiger partial charge on any atom is -0.374 e. The van der Waals surface area contributed by atoms with Gasteiger partial charge in [0, 0.05) is 24.6 Å². The molecular formula is C26H28FN3O3. The number of nitrogens with one attached hydrogen (secondary N) is 1. The standard InChI is InChI=1S/C26H28FN3O3/c1-17-18(2)29-33-24(17)28-25(31)30-12-10-26(11-13-30)15-22(16-32-26)21-5-3-4-20(14-21)19-6-8-23(27)9-7-19/h3-9,14,22H,10-13,15-16H2,1-2H3,(H,28,31)/t22-/m0/s1. The number of piperidine rings is 1. The molecule has 1 aromatic heterocycles. The molecule has 172 valence electrons. The summed E-state index contributed by atoms with van der Waals surface area (Å²) < 4.78 is 24.8. The van der Waals surface area contributed by atoms with Gasteiger partial charge in [-0.2, -0.15) is 0 Å². The van der Waals surface area contributed by atoms with E-state index in [9.17, 15) is 9.18 Å². The third-order valence-electron chi connectivity index (χ3n) is 7.08. The molecular weight excluding hydrogens is 421 g/mol. The van der Waals surface area contributed by atoms with Crippen molar-refractivity contribution in [3.05, 3.63) is 71.2 Å². The van der Waals surface area contributed by atoms with E-state index in [0.29, 0.717) is 31.5 Å². The van der Waals surface area contributed by atoms with Crippen LogP contribution in [-0.4, -0.2) is 41.4 Å². The number of carbonyl (C=O) groups excluding carboxylic acids is 1. The van der Waals surface area contributed by atoms with Crippen LogP contribution in [-0.2, 0) is 4.74 Å². The van der Waals surface area contributed by atoms with Crippen molar-refractivity contribution in [1.29, 1.82) is 0 Å². The maximum atomic E-state index is 13.3. The monoisotopic (exact) mass is 449 g/mol. The van der Waals surface area contributed by atoms with Crippen molar-refractivity contribution in [3.8, 4) is 11.1 Å². The molecule has 0 saturated carbocycles. The highest BCUT2D eigenvalue weighted by molar-refractivity contribution is 5.88.